The maximum atomic E-state index is 8.95. The van der Waals surface area contributed by atoms with Crippen LogP contribution in [-0.2, 0) is 10.3 Å². The summed E-state index contributed by atoms with van der Waals surface area (Å²) in [5, 5.41) is 12.7. The van der Waals surface area contributed by atoms with E-state index < -0.39 is 5.54 Å². The van der Waals surface area contributed by atoms with E-state index in [1.165, 1.54) is 0 Å². The van der Waals surface area contributed by atoms with Crippen molar-refractivity contribution in [3.8, 4) is 5.75 Å². The van der Waals surface area contributed by atoms with Crippen molar-refractivity contribution in [2.45, 2.75) is 5.54 Å². The van der Waals surface area contributed by atoms with E-state index in [1.807, 2.05) is 24.3 Å². The van der Waals surface area contributed by atoms with E-state index in [9.17, 15) is 0 Å². The molecule has 0 atom stereocenters. The van der Waals surface area contributed by atoms with Crippen LogP contribution >= 0.6 is 0 Å². The third kappa shape index (κ3) is 4.42. The highest BCUT2D eigenvalue weighted by Gasteiger charge is 2.35. The van der Waals surface area contributed by atoms with Crippen molar-refractivity contribution in [2.75, 3.05) is 33.5 Å². The molecule has 3 aromatic carbocycles. The molecule has 0 fully saturated rings. The Bertz CT molecular complexity index is 780. The molecule has 0 unspecified atom stereocenters. The number of hydrogen-bond acceptors (Lipinski definition) is 4. The first-order valence-electron chi connectivity index (χ1n) is 9.50. The molecule has 0 aromatic heterocycles. The minimum absolute atomic E-state index is 0.0288. The molecule has 4 heteroatoms. The second kappa shape index (κ2) is 10.0. The number of benzene rings is 3. The summed E-state index contributed by atoms with van der Waals surface area (Å²) in [6.07, 6.45) is 0. The van der Waals surface area contributed by atoms with E-state index in [-0.39, 0.29) is 6.61 Å². The van der Waals surface area contributed by atoms with Crippen LogP contribution in [0.3, 0.4) is 0 Å². The average Bonchev–Trinajstić information content (AvgIpc) is 2.78. The lowest BCUT2D eigenvalue weighted by Gasteiger charge is -2.37. The summed E-state index contributed by atoms with van der Waals surface area (Å²) in [6, 6.07) is 29.0. The Labute approximate surface area is 166 Å². The molecule has 3 rings (SSSR count). The number of aliphatic hydroxyl groups is 1. The molecule has 3 aromatic rings. The van der Waals surface area contributed by atoms with Crippen LogP contribution in [-0.4, -0.2) is 38.6 Å². The highest BCUT2D eigenvalue weighted by molar-refractivity contribution is 5.50. The van der Waals surface area contributed by atoms with Crippen LogP contribution in [0.4, 0.5) is 0 Å². The molecule has 0 radical (unpaired) electrons. The predicted octanol–water partition coefficient (Wildman–Crippen LogP) is 3.59. The third-order valence-electron chi connectivity index (χ3n) is 4.81. The van der Waals surface area contributed by atoms with Crippen LogP contribution < -0.4 is 10.1 Å². The number of methoxy groups -OCH3 is 1. The standard InChI is InChI=1S/C24H27NO3/c1-27-23-14-12-22(13-15-23)24(20-8-4-2-5-9-20,21-10-6-3-7-11-21)25-16-18-28-19-17-26/h2-15,25-26H,16-19H2,1H3. The lowest BCUT2D eigenvalue weighted by Crippen LogP contribution is -2.46. The number of rotatable bonds is 10. The Morgan fingerprint density at radius 2 is 1.29 bits per heavy atom. The Morgan fingerprint density at radius 3 is 1.79 bits per heavy atom. The van der Waals surface area contributed by atoms with Crippen molar-refractivity contribution in [1.82, 2.24) is 5.32 Å². The fourth-order valence-electron chi connectivity index (χ4n) is 3.50. The minimum Gasteiger partial charge on any atom is -0.497 e. The van der Waals surface area contributed by atoms with Gasteiger partial charge in [0, 0.05) is 6.54 Å². The molecule has 0 saturated carbocycles. The largest absolute Gasteiger partial charge is 0.497 e. The molecule has 0 bridgehead atoms. The van der Waals surface area contributed by atoms with Gasteiger partial charge in [0.05, 0.1) is 32.5 Å². The summed E-state index contributed by atoms with van der Waals surface area (Å²) < 4.78 is 10.8. The first kappa shape index (κ1) is 20.1. The first-order chi connectivity index (χ1) is 13.8. The van der Waals surface area contributed by atoms with Gasteiger partial charge in [-0.25, -0.2) is 0 Å². The molecule has 146 valence electrons. The van der Waals surface area contributed by atoms with Crippen molar-refractivity contribution >= 4 is 0 Å². The van der Waals surface area contributed by atoms with Crippen molar-refractivity contribution in [1.29, 1.82) is 0 Å². The van der Waals surface area contributed by atoms with Crippen LogP contribution in [0.5, 0.6) is 5.75 Å². The molecule has 2 N–H and O–H groups in total. The lowest BCUT2D eigenvalue weighted by atomic mass is 9.77. The molecule has 0 aliphatic rings. The fraction of sp³-hybridized carbons (Fsp3) is 0.250. The monoisotopic (exact) mass is 377 g/mol. The zero-order valence-electron chi connectivity index (χ0n) is 16.2. The van der Waals surface area contributed by atoms with Crippen molar-refractivity contribution in [2.24, 2.45) is 0 Å². The Balaban J connectivity index is 2.08. The maximum Gasteiger partial charge on any atom is 0.118 e. The Kier molecular flexibility index (Phi) is 7.20. The van der Waals surface area contributed by atoms with Gasteiger partial charge in [0.15, 0.2) is 0 Å². The van der Waals surface area contributed by atoms with Gasteiger partial charge in [0.1, 0.15) is 5.75 Å². The fourth-order valence-corrected chi connectivity index (χ4v) is 3.50. The molecule has 0 heterocycles. The van der Waals surface area contributed by atoms with Gasteiger partial charge in [0.2, 0.25) is 0 Å². The van der Waals surface area contributed by atoms with E-state index in [0.717, 1.165) is 22.4 Å². The van der Waals surface area contributed by atoms with Crippen LogP contribution in [0.1, 0.15) is 16.7 Å². The van der Waals surface area contributed by atoms with Gasteiger partial charge in [-0.05, 0) is 28.8 Å². The van der Waals surface area contributed by atoms with Gasteiger partial charge in [-0.1, -0.05) is 72.8 Å². The van der Waals surface area contributed by atoms with E-state index in [4.69, 9.17) is 14.6 Å². The summed E-state index contributed by atoms with van der Waals surface area (Å²) in [5.41, 5.74) is 2.88. The van der Waals surface area contributed by atoms with Crippen LogP contribution in [0.2, 0.25) is 0 Å². The first-order valence-corrected chi connectivity index (χ1v) is 9.50. The van der Waals surface area contributed by atoms with Crippen molar-refractivity contribution < 1.29 is 14.6 Å². The van der Waals surface area contributed by atoms with E-state index in [2.05, 4.69) is 66.0 Å². The SMILES string of the molecule is COc1ccc(C(NCCOCCO)(c2ccccc2)c2ccccc2)cc1. The second-order valence-corrected chi connectivity index (χ2v) is 6.47. The van der Waals surface area contributed by atoms with Gasteiger partial charge < -0.3 is 14.6 Å². The molecular weight excluding hydrogens is 350 g/mol. The molecular formula is C24H27NO3. The van der Waals surface area contributed by atoms with Crippen LogP contribution in [0.25, 0.3) is 0 Å². The van der Waals surface area contributed by atoms with E-state index >= 15 is 0 Å². The van der Waals surface area contributed by atoms with Crippen LogP contribution in [0, 0.1) is 0 Å². The normalized spacial score (nSPS) is 11.4. The number of aliphatic hydroxyl groups excluding tert-OH is 1. The molecule has 0 aliphatic carbocycles. The molecule has 0 saturated heterocycles. The lowest BCUT2D eigenvalue weighted by molar-refractivity contribution is 0.0915. The summed E-state index contributed by atoms with van der Waals surface area (Å²) in [5.74, 6) is 0.824. The van der Waals surface area contributed by atoms with Crippen LogP contribution in [0.15, 0.2) is 84.9 Å². The molecule has 0 aliphatic heterocycles. The topological polar surface area (TPSA) is 50.7 Å². The summed E-state index contributed by atoms with van der Waals surface area (Å²) in [7, 11) is 1.67. The van der Waals surface area contributed by atoms with Gasteiger partial charge in [-0.3, -0.25) is 5.32 Å². The Hall–Kier alpha value is -2.66. The maximum absolute atomic E-state index is 8.95. The van der Waals surface area contributed by atoms with E-state index in [1.54, 1.807) is 7.11 Å². The smallest absolute Gasteiger partial charge is 0.118 e. The molecule has 0 amide bonds. The van der Waals surface area contributed by atoms with Crippen molar-refractivity contribution in [3.05, 3.63) is 102 Å². The minimum atomic E-state index is -0.530. The second-order valence-electron chi connectivity index (χ2n) is 6.47. The number of ether oxygens (including phenoxy) is 2. The molecule has 0 spiro atoms. The third-order valence-corrected chi connectivity index (χ3v) is 4.81. The van der Waals surface area contributed by atoms with Gasteiger partial charge in [-0.2, -0.15) is 0 Å². The molecule has 28 heavy (non-hydrogen) atoms. The Morgan fingerprint density at radius 1 is 0.750 bits per heavy atom. The zero-order chi connectivity index (χ0) is 19.7. The molecule has 4 nitrogen and oxygen atoms in total. The highest BCUT2D eigenvalue weighted by Crippen LogP contribution is 2.37. The van der Waals surface area contributed by atoms with Gasteiger partial charge >= 0.3 is 0 Å². The number of hydrogen-bond donors (Lipinski definition) is 2. The highest BCUT2D eigenvalue weighted by atomic mass is 16.5. The van der Waals surface area contributed by atoms with Gasteiger partial charge in [-0.15, -0.1) is 0 Å². The van der Waals surface area contributed by atoms with E-state index in [0.29, 0.717) is 19.8 Å². The summed E-state index contributed by atoms with van der Waals surface area (Å²) >= 11 is 0. The quantitative estimate of drug-likeness (QED) is 0.419. The zero-order valence-corrected chi connectivity index (χ0v) is 16.2. The van der Waals surface area contributed by atoms with Crippen molar-refractivity contribution in [3.63, 3.8) is 0 Å². The predicted molar refractivity (Wildman–Crippen MR) is 112 cm³/mol. The average molecular weight is 377 g/mol. The summed E-state index contributed by atoms with van der Waals surface area (Å²) in [6.45, 7) is 1.52. The van der Waals surface area contributed by atoms with Gasteiger partial charge in [0.25, 0.3) is 0 Å². The number of nitrogens with one attached hydrogen (secondary N) is 1. The summed E-state index contributed by atoms with van der Waals surface area (Å²) in [4.78, 5) is 0.